The predicted molar refractivity (Wildman–Crippen MR) is 217 cm³/mol. The van der Waals surface area contributed by atoms with E-state index in [-0.39, 0.29) is 0 Å². The number of anilines is 6. The fourth-order valence-corrected chi connectivity index (χ4v) is 7.63. The van der Waals surface area contributed by atoms with Crippen LogP contribution < -0.4 is 9.80 Å². The Bertz CT molecular complexity index is 2740. The summed E-state index contributed by atoms with van der Waals surface area (Å²) in [5.74, 6) is 0. The zero-order valence-electron chi connectivity index (χ0n) is 28.9. The minimum absolute atomic E-state index is 0.856. The van der Waals surface area contributed by atoms with Crippen molar-refractivity contribution >= 4 is 88.8 Å². The van der Waals surface area contributed by atoms with Gasteiger partial charge in [-0.15, -0.1) is 0 Å². The molecule has 0 unspecified atom stereocenters. The summed E-state index contributed by atoms with van der Waals surface area (Å²) < 4.78 is 13.2. The van der Waals surface area contributed by atoms with Gasteiger partial charge in [0.15, 0.2) is 0 Å². The third-order valence-corrected chi connectivity index (χ3v) is 10.1. The number of hydrogen-bond donors (Lipinski definition) is 0. The lowest BCUT2D eigenvalue weighted by Crippen LogP contribution is -2.09. The lowest BCUT2D eigenvalue weighted by Gasteiger charge is -2.25. The molecule has 4 heteroatoms. The molecule has 0 amide bonds. The number of furan rings is 2. The molecule has 52 heavy (non-hydrogen) atoms. The minimum Gasteiger partial charge on any atom is -0.456 e. The normalized spacial score (nSPS) is 11.7. The Kier molecular flexibility index (Phi) is 6.90. The van der Waals surface area contributed by atoms with Gasteiger partial charge in [0.25, 0.3) is 0 Å². The van der Waals surface area contributed by atoms with E-state index in [9.17, 15) is 0 Å². The number of fused-ring (bicyclic) bond motifs is 7. The Balaban J connectivity index is 1.08. The molecule has 2 heterocycles. The van der Waals surface area contributed by atoms with Crippen molar-refractivity contribution in [1.82, 2.24) is 0 Å². The first-order chi connectivity index (χ1) is 25.6. The van der Waals surface area contributed by atoms with Crippen molar-refractivity contribution in [3.05, 3.63) is 181 Å². The molecule has 8 aromatic carbocycles. The number of para-hydroxylation sites is 2. The summed E-state index contributed by atoms with van der Waals surface area (Å²) in [6, 6.07) is 60.0. The molecule has 0 bridgehead atoms. The topological polar surface area (TPSA) is 32.8 Å². The molecule has 4 nitrogen and oxygen atoms in total. The highest BCUT2D eigenvalue weighted by Gasteiger charge is 2.18. The minimum atomic E-state index is 0.856. The van der Waals surface area contributed by atoms with Crippen molar-refractivity contribution in [2.45, 2.75) is 13.8 Å². The second kappa shape index (κ2) is 11.9. The summed E-state index contributed by atoms with van der Waals surface area (Å²) >= 11 is 0. The van der Waals surface area contributed by atoms with Crippen LogP contribution in [0.4, 0.5) is 34.1 Å². The van der Waals surface area contributed by atoms with Gasteiger partial charge in [-0.3, -0.25) is 0 Å². The van der Waals surface area contributed by atoms with Crippen LogP contribution in [0.2, 0.25) is 0 Å². The van der Waals surface area contributed by atoms with Crippen LogP contribution in [0, 0.1) is 13.8 Å². The Labute approximate surface area is 301 Å². The molecule has 10 aromatic rings. The van der Waals surface area contributed by atoms with E-state index >= 15 is 0 Å². The van der Waals surface area contributed by atoms with Gasteiger partial charge < -0.3 is 18.6 Å². The van der Waals surface area contributed by atoms with Crippen LogP contribution in [0.25, 0.3) is 54.6 Å². The highest BCUT2D eigenvalue weighted by molar-refractivity contribution is 6.15. The van der Waals surface area contributed by atoms with Crippen LogP contribution in [0.3, 0.4) is 0 Å². The summed E-state index contributed by atoms with van der Waals surface area (Å²) in [5, 5.41) is 6.61. The monoisotopic (exact) mass is 670 g/mol. The summed E-state index contributed by atoms with van der Waals surface area (Å²) in [6.07, 6.45) is 0. The van der Waals surface area contributed by atoms with E-state index in [0.29, 0.717) is 0 Å². The quantitative estimate of drug-likeness (QED) is 0.176. The zero-order valence-corrected chi connectivity index (χ0v) is 28.9. The van der Waals surface area contributed by atoms with E-state index in [4.69, 9.17) is 8.83 Å². The highest BCUT2D eigenvalue weighted by atomic mass is 16.3. The van der Waals surface area contributed by atoms with Crippen LogP contribution in [-0.2, 0) is 0 Å². The molecule has 2 aromatic heterocycles. The molecule has 0 saturated heterocycles. The third-order valence-electron chi connectivity index (χ3n) is 10.1. The van der Waals surface area contributed by atoms with Crippen molar-refractivity contribution < 1.29 is 8.83 Å². The molecule has 248 valence electrons. The average molecular weight is 671 g/mol. The van der Waals surface area contributed by atoms with E-state index in [2.05, 4.69) is 181 Å². The summed E-state index contributed by atoms with van der Waals surface area (Å²) in [4.78, 5) is 4.56. The van der Waals surface area contributed by atoms with Gasteiger partial charge in [-0.05, 0) is 133 Å². The van der Waals surface area contributed by atoms with Crippen LogP contribution in [-0.4, -0.2) is 0 Å². The fraction of sp³-hybridized carbons (Fsp3) is 0.0417. The van der Waals surface area contributed by atoms with Crippen molar-refractivity contribution in [3.63, 3.8) is 0 Å². The van der Waals surface area contributed by atoms with E-state index in [1.54, 1.807) is 0 Å². The van der Waals surface area contributed by atoms with Crippen molar-refractivity contribution in [1.29, 1.82) is 0 Å². The summed E-state index contributed by atoms with van der Waals surface area (Å²) in [7, 11) is 0. The molecular weight excluding hydrogens is 637 g/mol. The van der Waals surface area contributed by atoms with Crippen LogP contribution in [0.1, 0.15) is 11.1 Å². The Morgan fingerprint density at radius 3 is 1.13 bits per heavy atom. The van der Waals surface area contributed by atoms with Gasteiger partial charge >= 0.3 is 0 Å². The van der Waals surface area contributed by atoms with Crippen molar-refractivity contribution in [2.24, 2.45) is 0 Å². The van der Waals surface area contributed by atoms with Gasteiger partial charge in [-0.1, -0.05) is 60.7 Å². The fourth-order valence-electron chi connectivity index (χ4n) is 7.63. The maximum atomic E-state index is 6.59. The summed E-state index contributed by atoms with van der Waals surface area (Å²) in [5.41, 5.74) is 12.4. The van der Waals surface area contributed by atoms with Crippen molar-refractivity contribution in [3.8, 4) is 0 Å². The second-order valence-corrected chi connectivity index (χ2v) is 13.6. The first kappa shape index (κ1) is 30.1. The van der Waals surface area contributed by atoms with E-state index in [1.807, 2.05) is 12.1 Å². The number of benzene rings is 8. The first-order valence-corrected chi connectivity index (χ1v) is 17.7. The molecule has 0 radical (unpaired) electrons. The van der Waals surface area contributed by atoms with E-state index < -0.39 is 0 Å². The molecule has 10 rings (SSSR count). The second-order valence-electron chi connectivity index (χ2n) is 13.6. The maximum Gasteiger partial charge on any atom is 0.137 e. The standard InChI is InChI=1S/C48H34N2O2/c1-31-11-9-17-37(23-31)49(35-13-5-3-6-14-35)39-19-21-41-43-25-33-26-44-42-22-20-40(50(36-15-7-4-8-16-36)38-18-10-12-32(2)24-38)30-48(42)52-46(44)28-34(33)27-45(43)51-47(41)29-39/h3-30H,1-2H3. The molecule has 0 aliphatic rings. The number of hydrogen-bond acceptors (Lipinski definition) is 4. The van der Waals surface area contributed by atoms with Gasteiger partial charge in [0.05, 0.1) is 0 Å². The zero-order chi connectivity index (χ0) is 34.8. The van der Waals surface area contributed by atoms with Gasteiger partial charge in [-0.25, -0.2) is 0 Å². The smallest absolute Gasteiger partial charge is 0.137 e. The van der Waals surface area contributed by atoms with Gasteiger partial charge in [-0.2, -0.15) is 0 Å². The Morgan fingerprint density at radius 1 is 0.308 bits per heavy atom. The Morgan fingerprint density at radius 2 is 0.692 bits per heavy atom. The van der Waals surface area contributed by atoms with Gasteiger partial charge in [0, 0.05) is 67.8 Å². The largest absolute Gasteiger partial charge is 0.456 e. The summed E-state index contributed by atoms with van der Waals surface area (Å²) in [6.45, 7) is 4.26. The van der Waals surface area contributed by atoms with Gasteiger partial charge in [0.1, 0.15) is 22.3 Å². The SMILES string of the molecule is Cc1cccc(N(c2ccccc2)c2ccc3c(c2)oc2cc4cc5oc6cc(N(c7ccccc7)c7cccc(C)c7)ccc6c5cc4cc23)c1. The molecule has 0 spiro atoms. The number of rotatable bonds is 6. The van der Waals surface area contributed by atoms with Crippen LogP contribution >= 0.6 is 0 Å². The number of nitrogens with zero attached hydrogens (tertiary/aromatic N) is 2. The molecule has 0 aliphatic carbocycles. The van der Waals surface area contributed by atoms with Crippen LogP contribution in [0.15, 0.2) is 179 Å². The molecule has 0 atom stereocenters. The molecule has 0 aliphatic heterocycles. The maximum absolute atomic E-state index is 6.59. The number of aryl methyl sites for hydroxylation is 2. The molecule has 0 fully saturated rings. The Hall–Kier alpha value is -6.78. The van der Waals surface area contributed by atoms with Crippen LogP contribution in [0.5, 0.6) is 0 Å². The lowest BCUT2D eigenvalue weighted by atomic mass is 10.0. The first-order valence-electron chi connectivity index (χ1n) is 17.7. The van der Waals surface area contributed by atoms with Crippen molar-refractivity contribution in [2.75, 3.05) is 9.80 Å². The third kappa shape index (κ3) is 5.07. The highest BCUT2D eigenvalue weighted by Crippen LogP contribution is 2.42. The molecular formula is C48H34N2O2. The van der Waals surface area contributed by atoms with Gasteiger partial charge in [0.2, 0.25) is 0 Å². The lowest BCUT2D eigenvalue weighted by molar-refractivity contribution is 0.668. The van der Waals surface area contributed by atoms with E-state index in [0.717, 1.165) is 88.8 Å². The van der Waals surface area contributed by atoms with E-state index in [1.165, 1.54) is 11.1 Å². The molecule has 0 N–H and O–H groups in total. The predicted octanol–water partition coefficient (Wildman–Crippen LogP) is 14.2. The molecule has 0 saturated carbocycles. The average Bonchev–Trinajstić information content (AvgIpc) is 3.70.